The minimum absolute atomic E-state index is 0.187. The molecule has 0 bridgehead atoms. The molecule has 2 aliphatic heterocycles. The van der Waals surface area contributed by atoms with Gasteiger partial charge >= 0.3 is 12.4 Å². The summed E-state index contributed by atoms with van der Waals surface area (Å²) in [5.74, 6) is -3.59. The maximum absolute atomic E-state index is 13.8. The number of halogens is 6. The number of nitrogens with zero attached hydrogens (tertiary/aromatic N) is 2. The van der Waals surface area contributed by atoms with Gasteiger partial charge in [0, 0.05) is 24.3 Å². The SMILES string of the molecule is O=C1C=CC(=O)N1c1ccc(Oc2ccc(-c3ccc(Oc4ccc(N5C(=O)C=CC5=O)c(C(F)(F)F)c4)cc3)cc2)cc1C(F)(F)F. The van der Waals surface area contributed by atoms with Crippen molar-refractivity contribution >= 4 is 35.0 Å². The van der Waals surface area contributed by atoms with E-state index in [2.05, 4.69) is 0 Å². The molecule has 0 aliphatic carbocycles. The first-order valence-corrected chi connectivity index (χ1v) is 13.8. The Balaban J connectivity index is 1.16. The van der Waals surface area contributed by atoms with E-state index in [4.69, 9.17) is 9.47 Å². The Labute approximate surface area is 266 Å². The molecule has 6 rings (SSSR count). The van der Waals surface area contributed by atoms with Gasteiger partial charge in [0.1, 0.15) is 23.0 Å². The van der Waals surface area contributed by atoms with Crippen LogP contribution in [-0.4, -0.2) is 23.6 Å². The number of amides is 4. The molecule has 8 nitrogen and oxygen atoms in total. The Hall–Kier alpha value is -6.18. The lowest BCUT2D eigenvalue weighted by molar-refractivity contribution is -0.138. The highest BCUT2D eigenvalue weighted by Gasteiger charge is 2.40. The Morgan fingerprint density at radius 3 is 1.00 bits per heavy atom. The number of carbonyl (C=O) groups is 4. The molecule has 242 valence electrons. The molecule has 0 saturated carbocycles. The van der Waals surface area contributed by atoms with Crippen LogP contribution in [0.5, 0.6) is 23.0 Å². The van der Waals surface area contributed by atoms with E-state index in [1.54, 1.807) is 24.3 Å². The summed E-state index contributed by atoms with van der Waals surface area (Å²) in [6, 6.07) is 18.2. The minimum Gasteiger partial charge on any atom is -0.457 e. The summed E-state index contributed by atoms with van der Waals surface area (Å²) in [5.41, 5.74) is -2.38. The fourth-order valence-electron chi connectivity index (χ4n) is 4.98. The lowest BCUT2D eigenvalue weighted by Crippen LogP contribution is -2.31. The monoisotopic (exact) mass is 664 g/mol. The number of ether oxygens (including phenoxy) is 2. The van der Waals surface area contributed by atoms with Gasteiger partial charge in [-0.15, -0.1) is 0 Å². The van der Waals surface area contributed by atoms with Crippen LogP contribution in [0.4, 0.5) is 37.7 Å². The zero-order valence-electron chi connectivity index (χ0n) is 24.0. The first-order valence-electron chi connectivity index (χ1n) is 13.8. The highest BCUT2D eigenvalue weighted by atomic mass is 19.4. The molecule has 48 heavy (non-hydrogen) atoms. The van der Waals surface area contributed by atoms with Crippen LogP contribution in [0.15, 0.2) is 109 Å². The summed E-state index contributed by atoms with van der Waals surface area (Å²) in [4.78, 5) is 48.7. The van der Waals surface area contributed by atoms with Gasteiger partial charge in [-0.2, -0.15) is 26.3 Å². The summed E-state index contributed by atoms with van der Waals surface area (Å²) in [6.45, 7) is 0. The van der Waals surface area contributed by atoms with E-state index in [0.29, 0.717) is 33.1 Å². The summed E-state index contributed by atoms with van der Waals surface area (Å²) < 4.78 is 94.2. The molecule has 0 spiro atoms. The Morgan fingerprint density at radius 1 is 0.417 bits per heavy atom. The van der Waals surface area contributed by atoms with E-state index in [1.807, 2.05) is 0 Å². The Bertz CT molecular complexity index is 1850. The van der Waals surface area contributed by atoms with Crippen LogP contribution in [0.3, 0.4) is 0 Å². The molecule has 4 aromatic carbocycles. The fraction of sp³-hybridized carbons (Fsp3) is 0.0588. The van der Waals surface area contributed by atoms with E-state index in [0.717, 1.165) is 36.4 Å². The van der Waals surface area contributed by atoms with Crippen molar-refractivity contribution < 1.29 is 55.0 Å². The van der Waals surface area contributed by atoms with Crippen molar-refractivity contribution in [1.82, 2.24) is 0 Å². The molecule has 0 aromatic heterocycles. The number of carbonyl (C=O) groups excluding carboxylic acids is 4. The van der Waals surface area contributed by atoms with Crippen molar-refractivity contribution in [2.24, 2.45) is 0 Å². The lowest BCUT2D eigenvalue weighted by atomic mass is 10.1. The van der Waals surface area contributed by atoms with Crippen LogP contribution in [0.25, 0.3) is 11.1 Å². The minimum atomic E-state index is -4.89. The lowest BCUT2D eigenvalue weighted by Gasteiger charge is -2.20. The van der Waals surface area contributed by atoms with Gasteiger partial charge in [-0.05, 0) is 71.8 Å². The number of imide groups is 2. The number of benzene rings is 4. The molecule has 4 amide bonds. The second-order valence-corrected chi connectivity index (χ2v) is 10.3. The number of hydrogen-bond acceptors (Lipinski definition) is 6. The first kappa shape index (κ1) is 31.8. The molecule has 0 fully saturated rings. The average Bonchev–Trinajstić information content (AvgIpc) is 3.55. The third-order valence-electron chi connectivity index (χ3n) is 7.16. The van der Waals surface area contributed by atoms with E-state index in [9.17, 15) is 45.5 Å². The van der Waals surface area contributed by atoms with Gasteiger partial charge in [0.25, 0.3) is 23.6 Å². The number of anilines is 2. The van der Waals surface area contributed by atoms with Gasteiger partial charge in [-0.25, -0.2) is 9.80 Å². The van der Waals surface area contributed by atoms with Crippen LogP contribution in [0, 0.1) is 0 Å². The van der Waals surface area contributed by atoms with Crippen molar-refractivity contribution in [2.75, 3.05) is 9.80 Å². The van der Waals surface area contributed by atoms with Gasteiger partial charge in [0.15, 0.2) is 0 Å². The van der Waals surface area contributed by atoms with Crippen LogP contribution >= 0.6 is 0 Å². The van der Waals surface area contributed by atoms with Gasteiger partial charge in [-0.3, -0.25) is 19.2 Å². The summed E-state index contributed by atoms with van der Waals surface area (Å²) in [5, 5.41) is 0. The fourth-order valence-corrected chi connectivity index (χ4v) is 4.98. The molecule has 0 N–H and O–H groups in total. The molecule has 2 aliphatic rings. The van der Waals surface area contributed by atoms with E-state index < -0.39 is 58.5 Å². The molecular weight excluding hydrogens is 646 g/mol. The smallest absolute Gasteiger partial charge is 0.418 e. The first-order chi connectivity index (χ1) is 22.7. The zero-order valence-corrected chi connectivity index (χ0v) is 24.0. The zero-order chi connectivity index (χ0) is 34.4. The number of rotatable bonds is 7. The second kappa shape index (κ2) is 11.9. The maximum Gasteiger partial charge on any atom is 0.418 e. The van der Waals surface area contributed by atoms with E-state index in [1.165, 1.54) is 36.4 Å². The normalized spacial score (nSPS) is 14.8. The molecule has 14 heteroatoms. The third-order valence-corrected chi connectivity index (χ3v) is 7.16. The number of hydrogen-bond donors (Lipinski definition) is 0. The predicted molar refractivity (Wildman–Crippen MR) is 158 cm³/mol. The molecule has 0 saturated heterocycles. The Kier molecular flexibility index (Phi) is 7.87. The van der Waals surface area contributed by atoms with Crippen molar-refractivity contribution in [2.45, 2.75) is 12.4 Å². The maximum atomic E-state index is 13.8. The molecule has 0 atom stereocenters. The van der Waals surface area contributed by atoms with Crippen LogP contribution in [-0.2, 0) is 31.5 Å². The summed E-state index contributed by atoms with van der Waals surface area (Å²) in [6.07, 6.45) is -6.27. The average molecular weight is 665 g/mol. The van der Waals surface area contributed by atoms with Crippen LogP contribution in [0.2, 0.25) is 0 Å². The van der Waals surface area contributed by atoms with Crippen molar-refractivity contribution in [3.63, 3.8) is 0 Å². The Morgan fingerprint density at radius 2 is 0.708 bits per heavy atom. The summed E-state index contributed by atoms with van der Waals surface area (Å²) >= 11 is 0. The highest BCUT2D eigenvalue weighted by molar-refractivity contribution is 6.29. The van der Waals surface area contributed by atoms with Gasteiger partial charge in [0.2, 0.25) is 0 Å². The standard InChI is InChI=1S/C34H18F6N2O6/c35-33(36,37)25-17-23(9-11-27(25)41-29(43)13-14-30(41)44)47-21-5-1-19(2-6-21)20-3-7-22(8-4-20)48-24-10-12-28(26(18-24)34(38,39)40)42-31(45)15-16-32(42)46/h1-18H. The molecule has 0 unspecified atom stereocenters. The summed E-state index contributed by atoms with van der Waals surface area (Å²) in [7, 11) is 0. The molecule has 4 aromatic rings. The van der Waals surface area contributed by atoms with Crippen molar-refractivity contribution in [1.29, 1.82) is 0 Å². The predicted octanol–water partition coefficient (Wildman–Crippen LogP) is 7.83. The number of alkyl halides is 6. The van der Waals surface area contributed by atoms with E-state index in [-0.39, 0.29) is 23.0 Å². The van der Waals surface area contributed by atoms with Gasteiger partial charge in [0.05, 0.1) is 22.5 Å². The van der Waals surface area contributed by atoms with Crippen molar-refractivity contribution in [3.05, 3.63) is 120 Å². The quantitative estimate of drug-likeness (QED) is 0.148. The van der Waals surface area contributed by atoms with Gasteiger partial charge < -0.3 is 9.47 Å². The molecule has 0 radical (unpaired) electrons. The van der Waals surface area contributed by atoms with Crippen LogP contribution < -0.4 is 19.3 Å². The highest BCUT2D eigenvalue weighted by Crippen LogP contribution is 2.42. The third kappa shape index (κ3) is 6.27. The van der Waals surface area contributed by atoms with Gasteiger partial charge in [-0.1, -0.05) is 24.3 Å². The largest absolute Gasteiger partial charge is 0.457 e. The second-order valence-electron chi connectivity index (χ2n) is 10.3. The van der Waals surface area contributed by atoms with Crippen molar-refractivity contribution in [3.8, 4) is 34.1 Å². The topological polar surface area (TPSA) is 93.2 Å². The molecular formula is C34H18F6N2O6. The van der Waals surface area contributed by atoms with Crippen LogP contribution in [0.1, 0.15) is 11.1 Å². The molecule has 2 heterocycles. The van der Waals surface area contributed by atoms with E-state index >= 15 is 0 Å².